The molecule has 0 aliphatic heterocycles. The second-order valence-corrected chi connectivity index (χ2v) is 2.64. The maximum Gasteiger partial charge on any atom is 0.345 e. The van der Waals surface area contributed by atoms with Crippen molar-refractivity contribution in [3.8, 4) is 0 Å². The molecule has 2 N–H and O–H groups in total. The summed E-state index contributed by atoms with van der Waals surface area (Å²) in [5, 5.41) is 0. The summed E-state index contributed by atoms with van der Waals surface area (Å²) in [4.78, 5) is 0. The summed E-state index contributed by atoms with van der Waals surface area (Å²) in [5.41, 5.74) is 5.10. The summed E-state index contributed by atoms with van der Waals surface area (Å²) in [5.74, 6) is 0. The average molecular weight is 167 g/mol. The zero-order chi connectivity index (χ0) is 8.91. The van der Waals surface area contributed by atoms with Crippen LogP contribution in [0.15, 0.2) is 0 Å². The Morgan fingerprint density at radius 3 is 2.09 bits per heavy atom. The quantitative estimate of drug-likeness (QED) is 0.677. The van der Waals surface area contributed by atoms with Gasteiger partial charge in [-0.2, -0.15) is 8.78 Å². The van der Waals surface area contributed by atoms with Crippen molar-refractivity contribution >= 4 is 0 Å². The lowest BCUT2D eigenvalue weighted by Gasteiger charge is -2.25. The van der Waals surface area contributed by atoms with E-state index in [-0.39, 0.29) is 6.61 Å². The van der Waals surface area contributed by atoms with Crippen LogP contribution in [-0.2, 0) is 4.74 Å². The van der Waals surface area contributed by atoms with Crippen LogP contribution >= 0.6 is 0 Å². The number of hydrogen-bond acceptors (Lipinski definition) is 2. The molecular weight excluding hydrogens is 152 g/mol. The minimum absolute atomic E-state index is 0.0718. The van der Waals surface area contributed by atoms with Gasteiger partial charge in [0, 0.05) is 5.54 Å². The first-order chi connectivity index (χ1) is 5.04. The van der Waals surface area contributed by atoms with Crippen molar-refractivity contribution < 1.29 is 13.5 Å². The van der Waals surface area contributed by atoms with Gasteiger partial charge in [0.05, 0.1) is 6.61 Å². The van der Waals surface area contributed by atoms with Crippen LogP contribution in [0, 0.1) is 0 Å². The Morgan fingerprint density at radius 1 is 1.36 bits per heavy atom. The van der Waals surface area contributed by atoms with Crippen LogP contribution in [0.4, 0.5) is 8.78 Å². The number of halogens is 2. The van der Waals surface area contributed by atoms with Gasteiger partial charge in [-0.05, 0) is 12.8 Å². The van der Waals surface area contributed by atoms with Gasteiger partial charge >= 0.3 is 6.61 Å². The van der Waals surface area contributed by atoms with E-state index in [2.05, 4.69) is 4.74 Å². The van der Waals surface area contributed by atoms with Gasteiger partial charge in [-0.15, -0.1) is 0 Å². The lowest BCUT2D eigenvalue weighted by atomic mass is 9.96. The third-order valence-corrected chi connectivity index (χ3v) is 1.91. The molecule has 0 aliphatic rings. The van der Waals surface area contributed by atoms with E-state index < -0.39 is 12.2 Å². The zero-order valence-corrected chi connectivity index (χ0v) is 6.94. The van der Waals surface area contributed by atoms with E-state index >= 15 is 0 Å². The van der Waals surface area contributed by atoms with Crippen LogP contribution in [0.3, 0.4) is 0 Å². The van der Waals surface area contributed by atoms with Crippen LogP contribution in [0.1, 0.15) is 26.7 Å². The van der Waals surface area contributed by atoms with Crippen molar-refractivity contribution in [2.75, 3.05) is 6.61 Å². The standard InChI is InChI=1S/C7H15F2NO/c1-3-7(10,4-2)5-11-6(8)9/h6H,3-5,10H2,1-2H3. The van der Waals surface area contributed by atoms with Crippen LogP contribution in [0.25, 0.3) is 0 Å². The van der Waals surface area contributed by atoms with Gasteiger partial charge in [0.2, 0.25) is 0 Å². The summed E-state index contributed by atoms with van der Waals surface area (Å²) in [6.45, 7) is 0.935. The van der Waals surface area contributed by atoms with Gasteiger partial charge < -0.3 is 10.5 Å². The van der Waals surface area contributed by atoms with Gasteiger partial charge in [-0.3, -0.25) is 0 Å². The molecule has 0 atom stereocenters. The van der Waals surface area contributed by atoms with Gasteiger partial charge in [0.25, 0.3) is 0 Å². The number of alkyl halides is 2. The molecule has 11 heavy (non-hydrogen) atoms. The first-order valence-corrected chi connectivity index (χ1v) is 3.72. The van der Waals surface area contributed by atoms with Crippen molar-refractivity contribution in [2.24, 2.45) is 5.73 Å². The summed E-state index contributed by atoms with van der Waals surface area (Å²) in [7, 11) is 0. The molecule has 0 rings (SSSR count). The Labute approximate surface area is 65.7 Å². The minimum Gasteiger partial charge on any atom is -0.323 e. The monoisotopic (exact) mass is 167 g/mol. The Bertz CT molecular complexity index is 105. The highest BCUT2D eigenvalue weighted by molar-refractivity contribution is 4.80. The van der Waals surface area contributed by atoms with E-state index in [9.17, 15) is 8.78 Å². The molecule has 0 saturated carbocycles. The summed E-state index contributed by atoms with van der Waals surface area (Å²) < 4.78 is 27.3. The SMILES string of the molecule is CCC(N)(CC)COC(F)F. The Balaban J connectivity index is 3.69. The minimum atomic E-state index is -2.71. The third kappa shape index (κ3) is 4.27. The molecule has 68 valence electrons. The van der Waals surface area contributed by atoms with E-state index in [0.29, 0.717) is 12.8 Å². The lowest BCUT2D eigenvalue weighted by Crippen LogP contribution is -2.43. The molecule has 0 spiro atoms. The predicted molar refractivity (Wildman–Crippen MR) is 39.5 cm³/mol. The highest BCUT2D eigenvalue weighted by Gasteiger charge is 2.21. The largest absolute Gasteiger partial charge is 0.345 e. The van der Waals surface area contributed by atoms with Crippen molar-refractivity contribution in [3.05, 3.63) is 0 Å². The summed E-state index contributed by atoms with van der Waals surface area (Å²) in [6, 6.07) is 0. The highest BCUT2D eigenvalue weighted by Crippen LogP contribution is 2.12. The maximum absolute atomic E-state index is 11.6. The highest BCUT2D eigenvalue weighted by atomic mass is 19.3. The second-order valence-electron chi connectivity index (χ2n) is 2.64. The fourth-order valence-corrected chi connectivity index (χ4v) is 0.683. The van der Waals surface area contributed by atoms with Gasteiger partial charge in [0.1, 0.15) is 0 Å². The molecule has 0 unspecified atom stereocenters. The molecule has 0 bridgehead atoms. The van der Waals surface area contributed by atoms with Crippen molar-refractivity contribution in [3.63, 3.8) is 0 Å². The molecule has 0 aromatic carbocycles. The smallest absolute Gasteiger partial charge is 0.323 e. The molecule has 0 aliphatic carbocycles. The average Bonchev–Trinajstić information content (AvgIpc) is 2.00. The number of ether oxygens (including phenoxy) is 1. The van der Waals surface area contributed by atoms with E-state index in [1.807, 2.05) is 13.8 Å². The molecule has 0 fully saturated rings. The van der Waals surface area contributed by atoms with Gasteiger partial charge in [-0.1, -0.05) is 13.8 Å². The number of hydrogen-bond donors (Lipinski definition) is 1. The molecule has 2 nitrogen and oxygen atoms in total. The van der Waals surface area contributed by atoms with E-state index in [1.165, 1.54) is 0 Å². The Morgan fingerprint density at radius 2 is 1.82 bits per heavy atom. The van der Waals surface area contributed by atoms with Gasteiger partial charge in [-0.25, -0.2) is 0 Å². The van der Waals surface area contributed by atoms with Crippen LogP contribution in [0.2, 0.25) is 0 Å². The van der Waals surface area contributed by atoms with E-state index in [1.54, 1.807) is 0 Å². The third-order valence-electron chi connectivity index (χ3n) is 1.91. The second kappa shape index (κ2) is 4.62. The van der Waals surface area contributed by atoms with Gasteiger partial charge in [0.15, 0.2) is 0 Å². The summed E-state index contributed by atoms with van der Waals surface area (Å²) in [6.07, 6.45) is 1.30. The Hall–Kier alpha value is -0.220. The molecule has 0 amide bonds. The molecule has 0 aromatic heterocycles. The summed E-state index contributed by atoms with van der Waals surface area (Å²) >= 11 is 0. The van der Waals surface area contributed by atoms with E-state index in [0.717, 1.165) is 0 Å². The Kier molecular flexibility index (Phi) is 4.52. The molecule has 4 heteroatoms. The van der Waals surface area contributed by atoms with Crippen molar-refractivity contribution in [1.29, 1.82) is 0 Å². The number of nitrogens with two attached hydrogens (primary N) is 1. The molecule has 0 radical (unpaired) electrons. The number of rotatable bonds is 5. The lowest BCUT2D eigenvalue weighted by molar-refractivity contribution is -0.141. The molecule has 0 heterocycles. The van der Waals surface area contributed by atoms with Crippen LogP contribution in [0.5, 0.6) is 0 Å². The normalized spacial score (nSPS) is 12.5. The molecular formula is C7H15F2NO. The van der Waals surface area contributed by atoms with Crippen LogP contribution < -0.4 is 5.73 Å². The van der Waals surface area contributed by atoms with Crippen LogP contribution in [-0.4, -0.2) is 18.8 Å². The first-order valence-electron chi connectivity index (χ1n) is 3.72. The van der Waals surface area contributed by atoms with Crippen molar-refractivity contribution in [2.45, 2.75) is 38.8 Å². The zero-order valence-electron chi connectivity index (χ0n) is 6.94. The fraction of sp³-hybridized carbons (Fsp3) is 1.00. The van der Waals surface area contributed by atoms with Crippen molar-refractivity contribution in [1.82, 2.24) is 0 Å². The topological polar surface area (TPSA) is 35.2 Å². The first kappa shape index (κ1) is 10.8. The fourth-order valence-electron chi connectivity index (χ4n) is 0.683. The maximum atomic E-state index is 11.6. The predicted octanol–water partition coefficient (Wildman–Crippen LogP) is 1.74. The molecule has 0 saturated heterocycles. The molecule has 0 aromatic rings. The van der Waals surface area contributed by atoms with E-state index in [4.69, 9.17) is 5.73 Å².